The van der Waals surface area contributed by atoms with E-state index in [9.17, 15) is 4.79 Å². The number of alkyl carbamates (subject to hydrolysis) is 1. The molecule has 1 aliphatic rings. The van der Waals surface area contributed by atoms with Gasteiger partial charge in [-0.2, -0.15) is 0 Å². The highest BCUT2D eigenvalue weighted by atomic mass is 16.6. The maximum absolute atomic E-state index is 11.9. The molecule has 0 aromatic carbocycles. The summed E-state index contributed by atoms with van der Waals surface area (Å²) in [5, 5.41) is 6.73. The third-order valence-electron chi connectivity index (χ3n) is 4.18. The Labute approximate surface area is 130 Å². The maximum Gasteiger partial charge on any atom is 0.407 e. The topological polar surface area (TPSA) is 50.4 Å². The highest BCUT2D eigenvalue weighted by Gasteiger charge is 2.28. The summed E-state index contributed by atoms with van der Waals surface area (Å²) in [5.74, 6) is 0. The summed E-state index contributed by atoms with van der Waals surface area (Å²) in [7, 11) is 0. The van der Waals surface area contributed by atoms with E-state index >= 15 is 0 Å². The van der Waals surface area contributed by atoms with Crippen LogP contribution >= 0.6 is 0 Å². The van der Waals surface area contributed by atoms with E-state index in [1.165, 1.54) is 6.42 Å². The lowest BCUT2D eigenvalue weighted by atomic mass is 9.85. The van der Waals surface area contributed by atoms with Crippen LogP contribution in [0.5, 0.6) is 0 Å². The lowest BCUT2D eigenvalue weighted by Crippen LogP contribution is -2.50. The molecule has 1 rings (SSSR count). The second-order valence-corrected chi connectivity index (χ2v) is 8.46. The number of carbonyl (C=O) groups excluding carboxylic acids is 1. The molecule has 3 atom stereocenters. The van der Waals surface area contributed by atoms with Crippen molar-refractivity contribution in [3.63, 3.8) is 0 Å². The third-order valence-corrected chi connectivity index (χ3v) is 4.18. The van der Waals surface area contributed by atoms with Crippen molar-refractivity contribution < 1.29 is 9.53 Å². The standard InChI is InChI=1S/C17H34N2O2/c1-12(16(2,3)4)18-13-9-8-10-14(11-13)19-15(20)21-17(5,6)7/h12-14,18H,8-11H2,1-7H3,(H,19,20). The summed E-state index contributed by atoms with van der Waals surface area (Å²) >= 11 is 0. The van der Waals surface area contributed by atoms with Gasteiger partial charge in [-0.25, -0.2) is 4.79 Å². The molecule has 0 spiro atoms. The van der Waals surface area contributed by atoms with Gasteiger partial charge in [0.2, 0.25) is 0 Å². The van der Waals surface area contributed by atoms with Crippen LogP contribution in [0.2, 0.25) is 0 Å². The first-order valence-electron chi connectivity index (χ1n) is 8.23. The number of carbonyl (C=O) groups is 1. The van der Waals surface area contributed by atoms with Crippen molar-refractivity contribution in [1.82, 2.24) is 10.6 Å². The molecular weight excluding hydrogens is 264 g/mol. The Bertz CT molecular complexity index is 342. The zero-order valence-corrected chi connectivity index (χ0v) is 14.9. The summed E-state index contributed by atoms with van der Waals surface area (Å²) in [4.78, 5) is 11.9. The van der Waals surface area contributed by atoms with Gasteiger partial charge in [0.05, 0.1) is 0 Å². The molecule has 21 heavy (non-hydrogen) atoms. The highest BCUT2D eigenvalue weighted by Crippen LogP contribution is 2.24. The molecule has 3 unspecified atom stereocenters. The second kappa shape index (κ2) is 6.99. The van der Waals surface area contributed by atoms with Crippen molar-refractivity contribution in [2.45, 2.75) is 97.9 Å². The average molecular weight is 298 g/mol. The van der Waals surface area contributed by atoms with Gasteiger partial charge in [-0.3, -0.25) is 0 Å². The van der Waals surface area contributed by atoms with E-state index < -0.39 is 5.60 Å². The minimum absolute atomic E-state index is 0.221. The van der Waals surface area contributed by atoms with E-state index in [0.29, 0.717) is 12.1 Å². The first-order valence-corrected chi connectivity index (χ1v) is 8.23. The second-order valence-electron chi connectivity index (χ2n) is 8.46. The van der Waals surface area contributed by atoms with E-state index in [1.54, 1.807) is 0 Å². The smallest absolute Gasteiger partial charge is 0.407 e. The van der Waals surface area contributed by atoms with E-state index in [-0.39, 0.29) is 17.6 Å². The fourth-order valence-electron chi connectivity index (χ4n) is 2.55. The molecule has 1 saturated carbocycles. The van der Waals surface area contributed by atoms with Gasteiger partial charge in [0.25, 0.3) is 0 Å². The van der Waals surface area contributed by atoms with Crippen molar-refractivity contribution >= 4 is 6.09 Å². The lowest BCUT2D eigenvalue weighted by Gasteiger charge is -2.36. The van der Waals surface area contributed by atoms with Gasteiger partial charge >= 0.3 is 6.09 Å². The van der Waals surface area contributed by atoms with Crippen LogP contribution in [0.15, 0.2) is 0 Å². The van der Waals surface area contributed by atoms with Gasteiger partial charge in [-0.05, 0) is 58.8 Å². The van der Waals surface area contributed by atoms with E-state index in [2.05, 4.69) is 38.3 Å². The van der Waals surface area contributed by atoms with Crippen LogP contribution in [0.1, 0.15) is 74.1 Å². The van der Waals surface area contributed by atoms with Gasteiger partial charge < -0.3 is 15.4 Å². The molecule has 0 aromatic rings. The molecule has 0 aromatic heterocycles. The largest absolute Gasteiger partial charge is 0.444 e. The molecule has 124 valence electrons. The number of ether oxygens (including phenoxy) is 1. The molecule has 1 aliphatic carbocycles. The normalized spacial score (nSPS) is 25.3. The molecular formula is C17H34N2O2. The van der Waals surface area contributed by atoms with E-state index in [1.807, 2.05) is 20.8 Å². The van der Waals surface area contributed by atoms with Gasteiger partial charge in [-0.15, -0.1) is 0 Å². The predicted octanol–water partition coefficient (Wildman–Crippen LogP) is 3.85. The number of amides is 1. The number of rotatable bonds is 3. The Hall–Kier alpha value is -0.770. The Morgan fingerprint density at radius 1 is 1.10 bits per heavy atom. The molecule has 1 amide bonds. The highest BCUT2D eigenvalue weighted by molar-refractivity contribution is 5.68. The van der Waals surface area contributed by atoms with Gasteiger partial charge in [0.1, 0.15) is 5.60 Å². The number of nitrogens with one attached hydrogen (secondary N) is 2. The minimum Gasteiger partial charge on any atom is -0.444 e. The van der Waals surface area contributed by atoms with Crippen molar-refractivity contribution in [3.8, 4) is 0 Å². The molecule has 0 aliphatic heterocycles. The summed E-state index contributed by atoms with van der Waals surface area (Å²) in [5.41, 5.74) is -0.178. The average Bonchev–Trinajstić information content (AvgIpc) is 2.25. The van der Waals surface area contributed by atoms with Crippen LogP contribution in [0, 0.1) is 5.41 Å². The third kappa shape index (κ3) is 7.16. The van der Waals surface area contributed by atoms with Gasteiger partial charge in [0, 0.05) is 18.1 Å². The molecule has 4 nitrogen and oxygen atoms in total. The molecule has 1 fully saturated rings. The van der Waals surface area contributed by atoms with E-state index in [4.69, 9.17) is 4.74 Å². The number of hydrogen-bond donors (Lipinski definition) is 2. The van der Waals surface area contributed by atoms with Crippen molar-refractivity contribution in [1.29, 1.82) is 0 Å². The van der Waals surface area contributed by atoms with Crippen molar-refractivity contribution in [3.05, 3.63) is 0 Å². The van der Waals surface area contributed by atoms with Crippen molar-refractivity contribution in [2.24, 2.45) is 5.41 Å². The van der Waals surface area contributed by atoms with Crippen LogP contribution < -0.4 is 10.6 Å². The van der Waals surface area contributed by atoms with Crippen LogP contribution in [-0.2, 0) is 4.74 Å². The first kappa shape index (κ1) is 18.3. The summed E-state index contributed by atoms with van der Waals surface area (Å²) in [6, 6.07) is 1.16. The Balaban J connectivity index is 2.44. The Morgan fingerprint density at radius 3 is 2.19 bits per heavy atom. The summed E-state index contributed by atoms with van der Waals surface area (Å²) in [6.45, 7) is 14.7. The van der Waals surface area contributed by atoms with Crippen LogP contribution in [0.25, 0.3) is 0 Å². The molecule has 0 bridgehead atoms. The Kier molecular flexibility index (Phi) is 6.09. The maximum atomic E-state index is 11.9. The molecule has 0 heterocycles. The summed E-state index contributed by atoms with van der Waals surface area (Å²) in [6.07, 6.45) is 4.07. The molecule has 2 N–H and O–H groups in total. The van der Waals surface area contributed by atoms with Crippen LogP contribution in [0.4, 0.5) is 4.79 Å². The van der Waals surface area contributed by atoms with Gasteiger partial charge in [-0.1, -0.05) is 20.8 Å². The molecule has 0 radical (unpaired) electrons. The fourth-order valence-corrected chi connectivity index (χ4v) is 2.55. The molecule has 4 heteroatoms. The van der Waals surface area contributed by atoms with Crippen LogP contribution in [0.3, 0.4) is 0 Å². The van der Waals surface area contributed by atoms with Gasteiger partial charge in [0.15, 0.2) is 0 Å². The SMILES string of the molecule is CC(NC1CCCC(NC(=O)OC(C)(C)C)C1)C(C)(C)C. The van der Waals surface area contributed by atoms with Crippen LogP contribution in [-0.4, -0.2) is 29.8 Å². The zero-order chi connectivity index (χ0) is 16.3. The number of hydrogen-bond acceptors (Lipinski definition) is 3. The zero-order valence-electron chi connectivity index (χ0n) is 14.9. The van der Waals surface area contributed by atoms with Crippen molar-refractivity contribution in [2.75, 3.05) is 0 Å². The molecule has 0 saturated heterocycles. The lowest BCUT2D eigenvalue weighted by molar-refractivity contribution is 0.0486. The minimum atomic E-state index is -0.433. The van der Waals surface area contributed by atoms with E-state index in [0.717, 1.165) is 19.3 Å². The quantitative estimate of drug-likeness (QED) is 0.832. The fraction of sp³-hybridized carbons (Fsp3) is 0.941. The monoisotopic (exact) mass is 298 g/mol. The predicted molar refractivity (Wildman–Crippen MR) is 87.5 cm³/mol. The Morgan fingerprint density at radius 2 is 1.67 bits per heavy atom. The summed E-state index contributed by atoms with van der Waals surface area (Å²) < 4.78 is 5.34. The first-order chi connectivity index (χ1) is 9.47.